The molecule has 2 aromatic rings. The van der Waals surface area contributed by atoms with E-state index in [1.807, 2.05) is 44.2 Å². The SMILES string of the molecule is COc1cc(C)c(C(Cl)c2ccc(C)cc2Cl)cc1OC. The molecule has 0 fully saturated rings. The van der Waals surface area contributed by atoms with Gasteiger partial charge in [-0.15, -0.1) is 11.6 Å². The van der Waals surface area contributed by atoms with Gasteiger partial charge in [0.2, 0.25) is 0 Å². The van der Waals surface area contributed by atoms with Crippen LogP contribution >= 0.6 is 23.2 Å². The van der Waals surface area contributed by atoms with Gasteiger partial charge in [0.1, 0.15) is 0 Å². The molecule has 0 saturated heterocycles. The third-order valence-electron chi connectivity index (χ3n) is 3.47. The molecule has 0 radical (unpaired) electrons. The zero-order chi connectivity index (χ0) is 15.6. The first kappa shape index (κ1) is 16.0. The smallest absolute Gasteiger partial charge is 0.161 e. The molecule has 0 aliphatic heterocycles. The minimum atomic E-state index is -0.335. The van der Waals surface area contributed by atoms with Crippen LogP contribution in [0.4, 0.5) is 0 Å². The van der Waals surface area contributed by atoms with Crippen molar-refractivity contribution in [3.05, 3.63) is 57.6 Å². The molecule has 21 heavy (non-hydrogen) atoms. The van der Waals surface area contributed by atoms with Gasteiger partial charge in [-0.05, 0) is 54.3 Å². The molecule has 0 N–H and O–H groups in total. The zero-order valence-corrected chi connectivity index (χ0v) is 14.0. The van der Waals surface area contributed by atoms with E-state index in [-0.39, 0.29) is 5.38 Å². The summed E-state index contributed by atoms with van der Waals surface area (Å²) in [6.45, 7) is 4.00. The highest BCUT2D eigenvalue weighted by atomic mass is 35.5. The van der Waals surface area contributed by atoms with Gasteiger partial charge < -0.3 is 9.47 Å². The molecule has 0 saturated carbocycles. The van der Waals surface area contributed by atoms with Gasteiger partial charge in [-0.1, -0.05) is 23.7 Å². The van der Waals surface area contributed by atoms with Crippen molar-refractivity contribution in [2.45, 2.75) is 19.2 Å². The average molecular weight is 325 g/mol. The Hall–Kier alpha value is -1.38. The molecule has 2 rings (SSSR count). The monoisotopic (exact) mass is 324 g/mol. The van der Waals surface area contributed by atoms with E-state index in [2.05, 4.69) is 0 Å². The van der Waals surface area contributed by atoms with Crippen molar-refractivity contribution < 1.29 is 9.47 Å². The summed E-state index contributed by atoms with van der Waals surface area (Å²) in [5.74, 6) is 1.35. The number of rotatable bonds is 4. The second kappa shape index (κ2) is 6.59. The van der Waals surface area contributed by atoms with E-state index < -0.39 is 0 Å². The molecule has 0 amide bonds. The summed E-state index contributed by atoms with van der Waals surface area (Å²) in [6, 6.07) is 9.72. The first-order chi connectivity index (χ1) is 9.97. The lowest BCUT2D eigenvalue weighted by atomic mass is 9.98. The number of halogens is 2. The predicted molar refractivity (Wildman–Crippen MR) is 88.2 cm³/mol. The Morgan fingerprint density at radius 3 is 2.10 bits per heavy atom. The number of benzene rings is 2. The molecule has 1 atom stereocenters. The van der Waals surface area contributed by atoms with Gasteiger partial charge in [0.25, 0.3) is 0 Å². The maximum absolute atomic E-state index is 6.64. The van der Waals surface area contributed by atoms with Crippen molar-refractivity contribution in [3.63, 3.8) is 0 Å². The second-order valence-corrected chi connectivity index (χ2v) is 5.79. The molecule has 0 heterocycles. The predicted octanol–water partition coefficient (Wildman–Crippen LogP) is 5.30. The molecule has 1 unspecified atom stereocenters. The first-order valence-electron chi connectivity index (χ1n) is 6.60. The Morgan fingerprint density at radius 2 is 1.52 bits per heavy atom. The Labute approximate surface area is 135 Å². The van der Waals surface area contributed by atoms with Gasteiger partial charge in [0.05, 0.1) is 19.6 Å². The third-order valence-corrected chi connectivity index (χ3v) is 4.27. The van der Waals surface area contributed by atoms with E-state index in [4.69, 9.17) is 32.7 Å². The fourth-order valence-corrected chi connectivity index (χ4v) is 3.10. The van der Waals surface area contributed by atoms with Crippen LogP contribution in [-0.4, -0.2) is 14.2 Å². The molecule has 112 valence electrons. The molecule has 2 nitrogen and oxygen atoms in total. The second-order valence-electron chi connectivity index (χ2n) is 4.95. The van der Waals surface area contributed by atoms with Crippen LogP contribution in [0.25, 0.3) is 0 Å². The Balaban J connectivity index is 2.50. The lowest BCUT2D eigenvalue weighted by Gasteiger charge is -2.18. The van der Waals surface area contributed by atoms with Crippen LogP contribution in [0.2, 0.25) is 5.02 Å². The number of aryl methyl sites for hydroxylation is 2. The van der Waals surface area contributed by atoms with E-state index in [1.165, 1.54) is 0 Å². The summed E-state index contributed by atoms with van der Waals surface area (Å²) in [5.41, 5.74) is 3.99. The molecule has 0 bridgehead atoms. The van der Waals surface area contributed by atoms with Gasteiger partial charge >= 0.3 is 0 Å². The number of hydrogen-bond acceptors (Lipinski definition) is 2. The van der Waals surface area contributed by atoms with Crippen LogP contribution in [0.5, 0.6) is 11.5 Å². The molecule has 0 aliphatic rings. The van der Waals surface area contributed by atoms with Crippen LogP contribution in [0.3, 0.4) is 0 Å². The van der Waals surface area contributed by atoms with Crippen LogP contribution < -0.4 is 9.47 Å². The maximum Gasteiger partial charge on any atom is 0.161 e. The lowest BCUT2D eigenvalue weighted by Crippen LogP contribution is -2.00. The summed E-state index contributed by atoms with van der Waals surface area (Å²) in [6.07, 6.45) is 0. The summed E-state index contributed by atoms with van der Waals surface area (Å²) in [5, 5.41) is 0.335. The van der Waals surface area contributed by atoms with Crippen LogP contribution in [0.1, 0.15) is 27.6 Å². The van der Waals surface area contributed by atoms with E-state index >= 15 is 0 Å². The fraction of sp³-hybridized carbons (Fsp3) is 0.294. The molecular weight excluding hydrogens is 307 g/mol. The summed E-state index contributed by atoms with van der Waals surface area (Å²) in [4.78, 5) is 0. The summed E-state index contributed by atoms with van der Waals surface area (Å²) < 4.78 is 10.7. The normalized spacial score (nSPS) is 12.1. The van der Waals surface area contributed by atoms with Crippen molar-refractivity contribution in [3.8, 4) is 11.5 Å². The van der Waals surface area contributed by atoms with Gasteiger partial charge in [0, 0.05) is 5.02 Å². The summed E-state index contributed by atoms with van der Waals surface area (Å²) in [7, 11) is 3.23. The molecular formula is C17H18Cl2O2. The summed E-state index contributed by atoms with van der Waals surface area (Å²) >= 11 is 13.0. The van der Waals surface area contributed by atoms with Crippen molar-refractivity contribution >= 4 is 23.2 Å². The molecule has 2 aromatic carbocycles. The van der Waals surface area contributed by atoms with Gasteiger partial charge in [0.15, 0.2) is 11.5 Å². The largest absolute Gasteiger partial charge is 0.493 e. The van der Waals surface area contributed by atoms with Crippen LogP contribution in [0.15, 0.2) is 30.3 Å². The molecule has 0 aromatic heterocycles. The van der Waals surface area contributed by atoms with Crippen molar-refractivity contribution in [2.24, 2.45) is 0 Å². The first-order valence-corrected chi connectivity index (χ1v) is 7.42. The highest BCUT2D eigenvalue weighted by Crippen LogP contribution is 2.40. The van der Waals surface area contributed by atoms with E-state index in [1.54, 1.807) is 14.2 Å². The number of methoxy groups -OCH3 is 2. The van der Waals surface area contributed by atoms with Gasteiger partial charge in [-0.25, -0.2) is 0 Å². The average Bonchev–Trinajstić information content (AvgIpc) is 2.46. The maximum atomic E-state index is 6.64. The van der Waals surface area contributed by atoms with Gasteiger partial charge in [-0.2, -0.15) is 0 Å². The molecule has 0 spiro atoms. The van der Waals surface area contributed by atoms with Crippen LogP contribution in [-0.2, 0) is 0 Å². The standard InChI is InChI=1S/C17H18Cl2O2/c1-10-5-6-12(14(18)7-10)17(19)13-9-16(21-4)15(20-3)8-11(13)2/h5-9,17H,1-4H3. The quantitative estimate of drug-likeness (QED) is 0.710. The zero-order valence-electron chi connectivity index (χ0n) is 12.5. The molecule has 0 aliphatic carbocycles. The highest BCUT2D eigenvalue weighted by Gasteiger charge is 2.19. The molecule has 4 heteroatoms. The van der Waals surface area contributed by atoms with Gasteiger partial charge in [-0.3, -0.25) is 0 Å². The Kier molecular flexibility index (Phi) is 5.02. The number of ether oxygens (including phenoxy) is 2. The topological polar surface area (TPSA) is 18.5 Å². The third kappa shape index (κ3) is 3.28. The minimum Gasteiger partial charge on any atom is -0.493 e. The van der Waals surface area contributed by atoms with E-state index in [0.29, 0.717) is 16.5 Å². The number of alkyl halides is 1. The van der Waals surface area contributed by atoms with Crippen molar-refractivity contribution in [1.82, 2.24) is 0 Å². The highest BCUT2D eigenvalue weighted by molar-refractivity contribution is 6.33. The Morgan fingerprint density at radius 1 is 0.905 bits per heavy atom. The Bertz CT molecular complexity index is 653. The van der Waals surface area contributed by atoms with Crippen molar-refractivity contribution in [1.29, 1.82) is 0 Å². The fourth-order valence-electron chi connectivity index (χ4n) is 2.27. The minimum absolute atomic E-state index is 0.335. The number of hydrogen-bond donors (Lipinski definition) is 0. The van der Waals surface area contributed by atoms with Crippen LogP contribution in [0, 0.1) is 13.8 Å². The van der Waals surface area contributed by atoms with Crippen molar-refractivity contribution in [2.75, 3.05) is 14.2 Å². The van der Waals surface area contributed by atoms with E-state index in [9.17, 15) is 0 Å². The van der Waals surface area contributed by atoms with E-state index in [0.717, 1.165) is 22.3 Å². The lowest BCUT2D eigenvalue weighted by molar-refractivity contribution is 0.354.